The maximum Gasteiger partial charge on any atom is 0.331 e. The van der Waals surface area contributed by atoms with Crippen LogP contribution in [0.25, 0.3) is 0 Å². The molecule has 0 radical (unpaired) electrons. The summed E-state index contributed by atoms with van der Waals surface area (Å²) in [5.41, 5.74) is 2.49. The van der Waals surface area contributed by atoms with Crippen molar-refractivity contribution in [3.05, 3.63) is 106 Å². The molecule has 0 bridgehead atoms. The molecule has 1 atom stereocenters. The maximum atomic E-state index is 14.1. The lowest BCUT2D eigenvalue weighted by atomic mass is 10.0. The third-order valence-corrected chi connectivity index (χ3v) is 5.11. The first kappa shape index (κ1) is 22.9. The normalized spacial score (nSPS) is 12.2. The highest BCUT2D eigenvalue weighted by molar-refractivity contribution is 9.10. The van der Waals surface area contributed by atoms with Crippen molar-refractivity contribution in [2.24, 2.45) is 4.99 Å². The summed E-state index contributed by atoms with van der Waals surface area (Å²) in [6.45, 7) is 5.46. The third kappa shape index (κ3) is 6.59. The number of esters is 1. The molecule has 0 heterocycles. The lowest BCUT2D eigenvalue weighted by Crippen LogP contribution is -2.33. The van der Waals surface area contributed by atoms with E-state index < -0.39 is 17.6 Å². The van der Waals surface area contributed by atoms with Crippen LogP contribution in [0.3, 0.4) is 0 Å². The largest absolute Gasteiger partial charge is 0.458 e. The monoisotopic (exact) mass is 481 g/mol. The minimum atomic E-state index is -0.824. The van der Waals surface area contributed by atoms with Crippen molar-refractivity contribution in [1.82, 2.24) is 0 Å². The average Bonchev–Trinajstić information content (AvgIpc) is 2.73. The molecule has 160 valence electrons. The summed E-state index contributed by atoms with van der Waals surface area (Å²) in [5, 5.41) is 0. The highest BCUT2D eigenvalue weighted by atomic mass is 79.9. The second-order valence-electron chi connectivity index (χ2n) is 8.21. The summed E-state index contributed by atoms with van der Waals surface area (Å²) in [5.74, 6) is -0.823. The standard InChI is InChI=1S/C26H25BrFNO2/c1-26(2,3)31-25(30)23(17-18-14-15-21(27)22(28)16-18)29-24(19-10-6-4-7-11-19)20-12-8-5-9-13-20/h4-16,23H,17H2,1-3H3/t23-/m0/s1. The van der Waals surface area contributed by atoms with Crippen LogP contribution in [0.1, 0.15) is 37.5 Å². The van der Waals surface area contributed by atoms with E-state index in [1.165, 1.54) is 6.07 Å². The van der Waals surface area contributed by atoms with Gasteiger partial charge in [0.05, 0.1) is 10.2 Å². The molecule has 0 spiro atoms. The number of halogens is 2. The summed E-state index contributed by atoms with van der Waals surface area (Å²) >= 11 is 3.17. The molecule has 0 aliphatic heterocycles. The Hall–Kier alpha value is -2.79. The molecule has 0 unspecified atom stereocenters. The minimum absolute atomic E-state index is 0.224. The van der Waals surface area contributed by atoms with Crippen LogP contribution in [0, 0.1) is 5.82 Å². The molecule has 5 heteroatoms. The number of rotatable bonds is 6. The van der Waals surface area contributed by atoms with Gasteiger partial charge in [-0.05, 0) is 54.4 Å². The van der Waals surface area contributed by atoms with Crippen LogP contribution in [0.5, 0.6) is 0 Å². The first-order valence-corrected chi connectivity index (χ1v) is 10.9. The van der Waals surface area contributed by atoms with Crippen molar-refractivity contribution in [2.45, 2.75) is 38.8 Å². The second-order valence-corrected chi connectivity index (χ2v) is 9.07. The Morgan fingerprint density at radius 3 is 2.00 bits per heavy atom. The molecule has 31 heavy (non-hydrogen) atoms. The zero-order valence-electron chi connectivity index (χ0n) is 17.8. The zero-order valence-corrected chi connectivity index (χ0v) is 19.4. The number of carbonyl (C=O) groups excluding carboxylic acids is 1. The predicted molar refractivity (Wildman–Crippen MR) is 126 cm³/mol. The number of benzene rings is 3. The van der Waals surface area contributed by atoms with Crippen molar-refractivity contribution >= 4 is 27.6 Å². The summed E-state index contributed by atoms with van der Waals surface area (Å²) in [7, 11) is 0. The van der Waals surface area contributed by atoms with Gasteiger partial charge in [-0.25, -0.2) is 9.18 Å². The Bertz CT molecular complexity index is 1020. The molecule has 0 saturated heterocycles. The van der Waals surface area contributed by atoms with Gasteiger partial charge in [0, 0.05) is 17.5 Å². The quantitative estimate of drug-likeness (QED) is 0.302. The van der Waals surface area contributed by atoms with Gasteiger partial charge in [0.15, 0.2) is 6.04 Å². The molecule has 0 aromatic heterocycles. The lowest BCUT2D eigenvalue weighted by molar-refractivity contribution is -0.156. The van der Waals surface area contributed by atoms with Gasteiger partial charge in [-0.3, -0.25) is 4.99 Å². The molecule has 0 N–H and O–H groups in total. The van der Waals surface area contributed by atoms with E-state index in [1.54, 1.807) is 12.1 Å². The summed E-state index contributed by atoms with van der Waals surface area (Å²) < 4.78 is 20.1. The summed E-state index contributed by atoms with van der Waals surface area (Å²) in [6.07, 6.45) is 0.224. The van der Waals surface area contributed by atoms with Crippen LogP contribution in [0.2, 0.25) is 0 Å². The Labute approximate surface area is 191 Å². The van der Waals surface area contributed by atoms with E-state index in [9.17, 15) is 9.18 Å². The van der Waals surface area contributed by atoms with E-state index in [0.717, 1.165) is 11.1 Å². The van der Waals surface area contributed by atoms with Crippen LogP contribution in [-0.4, -0.2) is 23.3 Å². The first-order valence-electron chi connectivity index (χ1n) is 10.1. The van der Waals surface area contributed by atoms with Gasteiger partial charge in [0.25, 0.3) is 0 Å². The Balaban J connectivity index is 2.07. The molecule has 3 rings (SSSR count). The van der Waals surface area contributed by atoms with Crippen molar-refractivity contribution in [3.63, 3.8) is 0 Å². The maximum absolute atomic E-state index is 14.1. The molecule has 0 amide bonds. The van der Waals surface area contributed by atoms with Gasteiger partial charge in [0.1, 0.15) is 11.4 Å². The highest BCUT2D eigenvalue weighted by Gasteiger charge is 2.26. The van der Waals surface area contributed by atoms with Gasteiger partial charge >= 0.3 is 5.97 Å². The van der Waals surface area contributed by atoms with E-state index in [1.807, 2.05) is 81.4 Å². The van der Waals surface area contributed by atoms with E-state index in [4.69, 9.17) is 9.73 Å². The van der Waals surface area contributed by atoms with Crippen LogP contribution < -0.4 is 0 Å². The fourth-order valence-electron chi connectivity index (χ4n) is 3.10. The summed E-state index contributed by atoms with van der Waals surface area (Å²) in [4.78, 5) is 17.9. The second kappa shape index (κ2) is 10.0. The number of aliphatic imine (C=N–C) groups is 1. The third-order valence-electron chi connectivity index (χ3n) is 4.47. The summed E-state index contributed by atoms with van der Waals surface area (Å²) in [6, 6.07) is 23.4. The van der Waals surface area contributed by atoms with E-state index in [0.29, 0.717) is 15.7 Å². The Kier molecular flexibility index (Phi) is 7.39. The van der Waals surface area contributed by atoms with E-state index in [2.05, 4.69) is 15.9 Å². The van der Waals surface area contributed by atoms with E-state index >= 15 is 0 Å². The van der Waals surface area contributed by atoms with Crippen molar-refractivity contribution in [3.8, 4) is 0 Å². The topological polar surface area (TPSA) is 38.7 Å². The average molecular weight is 482 g/mol. The molecule has 3 nitrogen and oxygen atoms in total. The van der Waals surface area contributed by atoms with Gasteiger partial charge in [-0.2, -0.15) is 0 Å². The van der Waals surface area contributed by atoms with Crippen LogP contribution in [-0.2, 0) is 16.0 Å². The molecule has 3 aromatic carbocycles. The van der Waals surface area contributed by atoms with Gasteiger partial charge in [-0.15, -0.1) is 0 Å². The first-order chi connectivity index (χ1) is 14.7. The van der Waals surface area contributed by atoms with E-state index in [-0.39, 0.29) is 12.2 Å². The molecule has 0 fully saturated rings. The molecule has 3 aromatic rings. The Morgan fingerprint density at radius 2 is 1.52 bits per heavy atom. The Morgan fingerprint density at radius 1 is 0.968 bits per heavy atom. The molecule has 0 aliphatic rings. The number of carbonyl (C=O) groups is 1. The van der Waals surface area contributed by atoms with Gasteiger partial charge in [-0.1, -0.05) is 66.7 Å². The van der Waals surface area contributed by atoms with Crippen LogP contribution in [0.15, 0.2) is 88.3 Å². The van der Waals surface area contributed by atoms with Gasteiger partial charge in [0.2, 0.25) is 0 Å². The fraction of sp³-hybridized carbons (Fsp3) is 0.231. The van der Waals surface area contributed by atoms with Crippen molar-refractivity contribution < 1.29 is 13.9 Å². The number of hydrogen-bond donors (Lipinski definition) is 0. The SMILES string of the molecule is CC(C)(C)OC(=O)[C@H](Cc1ccc(Br)c(F)c1)N=C(c1ccccc1)c1ccccc1. The molecule has 0 saturated carbocycles. The van der Waals surface area contributed by atoms with Crippen molar-refractivity contribution in [2.75, 3.05) is 0 Å². The highest BCUT2D eigenvalue weighted by Crippen LogP contribution is 2.21. The lowest BCUT2D eigenvalue weighted by Gasteiger charge is -2.23. The molecular weight excluding hydrogens is 457 g/mol. The number of ether oxygens (including phenoxy) is 1. The smallest absolute Gasteiger partial charge is 0.331 e. The predicted octanol–water partition coefficient (Wildman–Crippen LogP) is 6.38. The van der Waals surface area contributed by atoms with Crippen molar-refractivity contribution in [1.29, 1.82) is 0 Å². The molecular formula is C26H25BrFNO2. The number of hydrogen-bond acceptors (Lipinski definition) is 3. The fourth-order valence-corrected chi connectivity index (χ4v) is 3.35. The zero-order chi connectivity index (χ0) is 22.4. The minimum Gasteiger partial charge on any atom is -0.458 e. The van der Waals surface area contributed by atoms with Crippen LogP contribution >= 0.6 is 15.9 Å². The molecule has 0 aliphatic carbocycles. The van der Waals surface area contributed by atoms with Gasteiger partial charge < -0.3 is 4.74 Å². The van der Waals surface area contributed by atoms with Crippen LogP contribution in [0.4, 0.5) is 4.39 Å². The number of nitrogens with zero attached hydrogens (tertiary/aromatic N) is 1.